The van der Waals surface area contributed by atoms with Crippen molar-refractivity contribution in [2.45, 2.75) is 26.4 Å². The summed E-state index contributed by atoms with van der Waals surface area (Å²) in [5.41, 5.74) is 7.03. The fraction of sp³-hybridized carbons (Fsp3) is 0.333. The highest BCUT2D eigenvalue weighted by Gasteiger charge is 2.14. The van der Waals surface area contributed by atoms with Crippen molar-refractivity contribution >= 4 is 5.69 Å². The number of para-hydroxylation sites is 1. The molecule has 0 atom stereocenters. The van der Waals surface area contributed by atoms with Crippen LogP contribution in [-0.2, 0) is 19.5 Å². The van der Waals surface area contributed by atoms with Gasteiger partial charge in [0, 0.05) is 25.3 Å². The molecule has 0 radical (unpaired) electrons. The molecule has 1 heterocycles. The zero-order valence-corrected chi connectivity index (χ0v) is 12.3. The molecule has 2 aromatic rings. The Labute approximate surface area is 121 Å². The molecule has 0 amide bonds. The Morgan fingerprint density at radius 1 is 1.00 bits per heavy atom. The molecule has 0 saturated heterocycles. The molecular weight excluding hydrogens is 244 g/mol. The molecule has 2 heteroatoms. The average molecular weight is 266 g/mol. The van der Waals surface area contributed by atoms with Gasteiger partial charge in [0.15, 0.2) is 0 Å². The predicted octanol–water partition coefficient (Wildman–Crippen LogP) is 3.60. The highest BCUT2D eigenvalue weighted by Crippen LogP contribution is 2.27. The van der Waals surface area contributed by atoms with E-state index in [1.807, 2.05) is 0 Å². The van der Waals surface area contributed by atoms with E-state index < -0.39 is 0 Å². The van der Waals surface area contributed by atoms with E-state index >= 15 is 0 Å². The van der Waals surface area contributed by atoms with Crippen LogP contribution in [0.3, 0.4) is 0 Å². The maximum absolute atomic E-state index is 3.52. The Morgan fingerprint density at radius 3 is 2.60 bits per heavy atom. The zero-order chi connectivity index (χ0) is 13.9. The number of hydrogen-bond donors (Lipinski definition) is 1. The largest absolute Gasteiger partial charge is 0.384 e. The molecule has 104 valence electrons. The van der Waals surface area contributed by atoms with Gasteiger partial charge in [-0.2, -0.15) is 0 Å². The van der Waals surface area contributed by atoms with Crippen molar-refractivity contribution in [3.8, 4) is 0 Å². The first-order valence-electron chi connectivity index (χ1n) is 7.32. The summed E-state index contributed by atoms with van der Waals surface area (Å²) in [7, 11) is 2.20. The number of nitrogens with zero attached hydrogens (tertiary/aromatic N) is 1. The molecule has 1 aliphatic heterocycles. The standard InChI is InChI=1S/C18H22N2/c1-14-6-3-4-7-16(14)12-20(2)13-17-9-5-8-15-10-11-19-18(15)17/h3-9,19H,10-13H2,1-2H3. The van der Waals surface area contributed by atoms with Crippen molar-refractivity contribution in [2.24, 2.45) is 0 Å². The predicted molar refractivity (Wildman–Crippen MR) is 85.0 cm³/mol. The lowest BCUT2D eigenvalue weighted by Crippen LogP contribution is -2.18. The van der Waals surface area contributed by atoms with E-state index in [1.54, 1.807) is 0 Å². The van der Waals surface area contributed by atoms with Crippen molar-refractivity contribution < 1.29 is 0 Å². The zero-order valence-electron chi connectivity index (χ0n) is 12.3. The van der Waals surface area contributed by atoms with E-state index in [1.165, 1.54) is 27.9 Å². The Balaban J connectivity index is 1.72. The fourth-order valence-electron chi connectivity index (χ4n) is 2.97. The second kappa shape index (κ2) is 5.68. The smallest absolute Gasteiger partial charge is 0.0419 e. The van der Waals surface area contributed by atoms with Gasteiger partial charge in [-0.3, -0.25) is 4.90 Å². The lowest BCUT2D eigenvalue weighted by molar-refractivity contribution is 0.319. The molecule has 0 aliphatic carbocycles. The highest BCUT2D eigenvalue weighted by molar-refractivity contribution is 5.61. The maximum atomic E-state index is 3.52. The number of nitrogens with one attached hydrogen (secondary N) is 1. The molecule has 0 saturated carbocycles. The summed E-state index contributed by atoms with van der Waals surface area (Å²) in [5, 5.41) is 3.52. The Morgan fingerprint density at radius 2 is 1.75 bits per heavy atom. The number of benzene rings is 2. The summed E-state index contributed by atoms with van der Waals surface area (Å²) in [4.78, 5) is 2.39. The van der Waals surface area contributed by atoms with Gasteiger partial charge in [-0.25, -0.2) is 0 Å². The monoisotopic (exact) mass is 266 g/mol. The van der Waals surface area contributed by atoms with Gasteiger partial charge in [0.05, 0.1) is 0 Å². The van der Waals surface area contributed by atoms with Crippen molar-refractivity contribution in [2.75, 3.05) is 18.9 Å². The van der Waals surface area contributed by atoms with Gasteiger partial charge < -0.3 is 5.32 Å². The average Bonchev–Trinajstić information content (AvgIpc) is 2.91. The molecule has 0 spiro atoms. The van der Waals surface area contributed by atoms with E-state index in [4.69, 9.17) is 0 Å². The maximum Gasteiger partial charge on any atom is 0.0419 e. The van der Waals surface area contributed by atoms with E-state index in [-0.39, 0.29) is 0 Å². The summed E-state index contributed by atoms with van der Waals surface area (Å²) in [6, 6.07) is 15.3. The second-order valence-electron chi connectivity index (χ2n) is 5.73. The lowest BCUT2D eigenvalue weighted by atomic mass is 10.1. The third kappa shape index (κ3) is 2.70. The summed E-state index contributed by atoms with van der Waals surface area (Å²) in [6.07, 6.45) is 1.16. The molecule has 1 N–H and O–H groups in total. The van der Waals surface area contributed by atoms with E-state index in [0.717, 1.165) is 26.1 Å². The van der Waals surface area contributed by atoms with Crippen molar-refractivity contribution in [1.29, 1.82) is 0 Å². The van der Waals surface area contributed by atoms with Crippen LogP contribution < -0.4 is 5.32 Å². The Bertz CT molecular complexity index is 604. The fourth-order valence-corrected chi connectivity index (χ4v) is 2.97. The third-order valence-corrected chi connectivity index (χ3v) is 4.07. The molecule has 3 rings (SSSR count). The number of aryl methyl sites for hydroxylation is 1. The molecule has 20 heavy (non-hydrogen) atoms. The SMILES string of the molecule is Cc1ccccc1CN(C)Cc1cccc2c1NCC2. The molecule has 0 fully saturated rings. The van der Waals surface area contributed by atoms with Crippen LogP contribution >= 0.6 is 0 Å². The first kappa shape index (κ1) is 13.2. The van der Waals surface area contributed by atoms with Gasteiger partial charge in [0.25, 0.3) is 0 Å². The molecule has 2 nitrogen and oxygen atoms in total. The third-order valence-electron chi connectivity index (χ3n) is 4.07. The minimum absolute atomic E-state index is 0.991. The number of hydrogen-bond acceptors (Lipinski definition) is 2. The second-order valence-corrected chi connectivity index (χ2v) is 5.73. The van der Waals surface area contributed by atoms with Gasteiger partial charge in [0.2, 0.25) is 0 Å². The van der Waals surface area contributed by atoms with Gasteiger partial charge in [-0.1, -0.05) is 42.5 Å². The van der Waals surface area contributed by atoms with Crippen LogP contribution in [0.4, 0.5) is 5.69 Å². The van der Waals surface area contributed by atoms with Gasteiger partial charge in [-0.05, 0) is 42.6 Å². The van der Waals surface area contributed by atoms with E-state index in [0.29, 0.717) is 0 Å². The van der Waals surface area contributed by atoms with E-state index in [2.05, 4.69) is 66.7 Å². The quantitative estimate of drug-likeness (QED) is 0.909. The normalized spacial score (nSPS) is 13.3. The Kier molecular flexibility index (Phi) is 3.75. The van der Waals surface area contributed by atoms with Crippen LogP contribution in [0.25, 0.3) is 0 Å². The Hall–Kier alpha value is -1.80. The van der Waals surface area contributed by atoms with Gasteiger partial charge >= 0.3 is 0 Å². The number of rotatable bonds is 4. The minimum atomic E-state index is 0.991. The molecule has 0 bridgehead atoms. The van der Waals surface area contributed by atoms with Crippen LogP contribution in [0.2, 0.25) is 0 Å². The molecule has 2 aromatic carbocycles. The summed E-state index contributed by atoms with van der Waals surface area (Å²) in [5.74, 6) is 0. The van der Waals surface area contributed by atoms with Crippen LogP contribution in [0.15, 0.2) is 42.5 Å². The molecule has 1 aliphatic rings. The first-order chi connectivity index (χ1) is 9.74. The first-order valence-corrected chi connectivity index (χ1v) is 7.32. The number of anilines is 1. The van der Waals surface area contributed by atoms with Crippen LogP contribution in [0.1, 0.15) is 22.3 Å². The number of fused-ring (bicyclic) bond motifs is 1. The topological polar surface area (TPSA) is 15.3 Å². The van der Waals surface area contributed by atoms with Crippen LogP contribution in [-0.4, -0.2) is 18.5 Å². The van der Waals surface area contributed by atoms with Crippen LogP contribution in [0.5, 0.6) is 0 Å². The van der Waals surface area contributed by atoms with Crippen molar-refractivity contribution in [3.05, 3.63) is 64.7 Å². The van der Waals surface area contributed by atoms with Gasteiger partial charge in [-0.15, -0.1) is 0 Å². The molecule has 0 aromatic heterocycles. The van der Waals surface area contributed by atoms with Gasteiger partial charge in [0.1, 0.15) is 0 Å². The van der Waals surface area contributed by atoms with Crippen molar-refractivity contribution in [1.82, 2.24) is 4.90 Å². The summed E-state index contributed by atoms with van der Waals surface area (Å²) in [6.45, 7) is 5.25. The molecular formula is C18H22N2. The summed E-state index contributed by atoms with van der Waals surface area (Å²) >= 11 is 0. The highest BCUT2D eigenvalue weighted by atomic mass is 15.1. The lowest BCUT2D eigenvalue weighted by Gasteiger charge is -2.20. The van der Waals surface area contributed by atoms with Crippen LogP contribution in [0, 0.1) is 6.92 Å². The summed E-state index contributed by atoms with van der Waals surface area (Å²) < 4.78 is 0. The minimum Gasteiger partial charge on any atom is -0.384 e. The van der Waals surface area contributed by atoms with Crippen molar-refractivity contribution in [3.63, 3.8) is 0 Å². The molecule has 0 unspecified atom stereocenters. The van der Waals surface area contributed by atoms with E-state index in [9.17, 15) is 0 Å².